The van der Waals surface area contributed by atoms with Crippen LogP contribution >= 0.6 is 0 Å². The van der Waals surface area contributed by atoms with Crippen LogP contribution in [0.2, 0.25) is 0 Å². The van der Waals surface area contributed by atoms with E-state index in [1.807, 2.05) is 23.1 Å². The number of rotatable bonds is 2. The minimum atomic E-state index is -0.401. The fraction of sp³-hybridized carbons (Fsp3) is 0.294. The second-order valence-electron chi connectivity index (χ2n) is 6.03. The SMILES string of the molecule is Cn1cnc2cc(N3CCN(c4ncncc4F)CC3)ccc2c1=O. The largest absolute Gasteiger partial charge is 0.368 e. The number of aromatic nitrogens is 4. The number of nitrogens with zero attached hydrogens (tertiary/aromatic N) is 6. The first-order valence-electron chi connectivity index (χ1n) is 8.04. The monoisotopic (exact) mass is 340 g/mol. The highest BCUT2D eigenvalue weighted by Gasteiger charge is 2.21. The maximum atomic E-state index is 13.8. The van der Waals surface area contributed by atoms with E-state index in [9.17, 15) is 9.18 Å². The van der Waals surface area contributed by atoms with Gasteiger partial charge in [0.1, 0.15) is 6.33 Å². The first-order chi connectivity index (χ1) is 12.1. The third-order valence-electron chi connectivity index (χ3n) is 4.49. The first kappa shape index (κ1) is 15.5. The van der Waals surface area contributed by atoms with Crippen molar-refractivity contribution in [3.05, 3.63) is 53.2 Å². The molecule has 0 spiro atoms. The summed E-state index contributed by atoms with van der Waals surface area (Å²) in [5.41, 5.74) is 1.64. The lowest BCUT2D eigenvalue weighted by Gasteiger charge is -2.36. The van der Waals surface area contributed by atoms with Crippen molar-refractivity contribution in [3.63, 3.8) is 0 Å². The van der Waals surface area contributed by atoms with Crippen LogP contribution in [0.1, 0.15) is 0 Å². The predicted molar refractivity (Wildman–Crippen MR) is 93.4 cm³/mol. The minimum Gasteiger partial charge on any atom is -0.368 e. The molecule has 1 aliphatic rings. The Morgan fingerprint density at radius 1 is 1.08 bits per heavy atom. The van der Waals surface area contributed by atoms with Crippen molar-refractivity contribution in [3.8, 4) is 0 Å². The normalized spacial score (nSPS) is 15.0. The molecule has 0 atom stereocenters. The molecular formula is C17H17FN6O. The van der Waals surface area contributed by atoms with Crippen LogP contribution in [-0.4, -0.2) is 45.7 Å². The fourth-order valence-electron chi connectivity index (χ4n) is 3.11. The zero-order chi connectivity index (χ0) is 17.4. The average Bonchev–Trinajstić information content (AvgIpc) is 2.65. The van der Waals surface area contributed by atoms with Crippen molar-refractivity contribution < 1.29 is 4.39 Å². The van der Waals surface area contributed by atoms with Gasteiger partial charge >= 0.3 is 0 Å². The molecule has 0 unspecified atom stereocenters. The Morgan fingerprint density at radius 3 is 2.60 bits per heavy atom. The van der Waals surface area contributed by atoms with E-state index in [0.29, 0.717) is 29.8 Å². The molecule has 4 rings (SSSR count). The van der Waals surface area contributed by atoms with Gasteiger partial charge in [-0.1, -0.05) is 0 Å². The van der Waals surface area contributed by atoms with Crippen LogP contribution in [0.15, 0.2) is 41.8 Å². The highest BCUT2D eigenvalue weighted by molar-refractivity contribution is 5.81. The molecule has 0 amide bonds. The van der Waals surface area contributed by atoms with Gasteiger partial charge in [0.15, 0.2) is 11.6 Å². The number of benzene rings is 1. The molecule has 128 valence electrons. The summed E-state index contributed by atoms with van der Waals surface area (Å²) in [6, 6.07) is 5.68. The maximum absolute atomic E-state index is 13.8. The molecule has 1 fully saturated rings. The Kier molecular flexibility index (Phi) is 3.79. The summed E-state index contributed by atoms with van der Waals surface area (Å²) in [5.74, 6) is -0.0555. The number of hydrogen-bond donors (Lipinski definition) is 0. The first-order valence-corrected chi connectivity index (χ1v) is 8.04. The number of fused-ring (bicyclic) bond motifs is 1. The van der Waals surface area contributed by atoms with Gasteiger partial charge in [-0.3, -0.25) is 4.79 Å². The van der Waals surface area contributed by atoms with Gasteiger partial charge in [0.05, 0.1) is 23.4 Å². The Morgan fingerprint density at radius 2 is 1.84 bits per heavy atom. The molecule has 0 N–H and O–H groups in total. The molecular weight excluding hydrogens is 323 g/mol. The zero-order valence-electron chi connectivity index (χ0n) is 13.8. The van der Waals surface area contributed by atoms with Crippen molar-refractivity contribution >= 4 is 22.4 Å². The van der Waals surface area contributed by atoms with Crippen molar-refractivity contribution in [1.82, 2.24) is 19.5 Å². The lowest BCUT2D eigenvalue weighted by atomic mass is 10.2. The Labute approximate surface area is 143 Å². The van der Waals surface area contributed by atoms with E-state index in [1.54, 1.807) is 7.05 Å². The molecule has 1 saturated heterocycles. The van der Waals surface area contributed by atoms with E-state index in [-0.39, 0.29) is 5.56 Å². The van der Waals surface area contributed by atoms with E-state index >= 15 is 0 Å². The van der Waals surface area contributed by atoms with Gasteiger partial charge < -0.3 is 14.4 Å². The van der Waals surface area contributed by atoms with Crippen LogP contribution in [0.5, 0.6) is 0 Å². The van der Waals surface area contributed by atoms with Gasteiger partial charge in [0.25, 0.3) is 5.56 Å². The summed E-state index contributed by atoms with van der Waals surface area (Å²) in [4.78, 5) is 28.3. The summed E-state index contributed by atoms with van der Waals surface area (Å²) in [6.07, 6.45) is 4.08. The van der Waals surface area contributed by atoms with Gasteiger partial charge in [-0.2, -0.15) is 0 Å². The van der Waals surface area contributed by atoms with Gasteiger partial charge in [0.2, 0.25) is 0 Å². The van der Waals surface area contributed by atoms with Gasteiger partial charge in [-0.05, 0) is 18.2 Å². The van der Waals surface area contributed by atoms with Crippen molar-refractivity contribution in [2.45, 2.75) is 0 Å². The summed E-state index contributed by atoms with van der Waals surface area (Å²) >= 11 is 0. The van der Waals surface area contributed by atoms with Gasteiger partial charge in [0, 0.05) is 38.9 Å². The number of aryl methyl sites for hydroxylation is 1. The number of piperazine rings is 1. The maximum Gasteiger partial charge on any atom is 0.260 e. The summed E-state index contributed by atoms with van der Waals surface area (Å²) in [5, 5.41) is 0.607. The van der Waals surface area contributed by atoms with Gasteiger partial charge in [-0.25, -0.2) is 19.3 Å². The van der Waals surface area contributed by atoms with Crippen LogP contribution < -0.4 is 15.4 Å². The second-order valence-corrected chi connectivity index (χ2v) is 6.03. The molecule has 25 heavy (non-hydrogen) atoms. The fourth-order valence-corrected chi connectivity index (χ4v) is 3.11. The van der Waals surface area contributed by atoms with E-state index in [2.05, 4.69) is 19.9 Å². The van der Waals surface area contributed by atoms with E-state index in [1.165, 1.54) is 23.4 Å². The zero-order valence-corrected chi connectivity index (χ0v) is 13.8. The molecule has 0 radical (unpaired) electrons. The number of hydrogen-bond acceptors (Lipinski definition) is 6. The average molecular weight is 340 g/mol. The smallest absolute Gasteiger partial charge is 0.260 e. The Bertz CT molecular complexity index is 980. The highest BCUT2D eigenvalue weighted by atomic mass is 19.1. The molecule has 3 aromatic rings. The number of halogens is 1. The van der Waals surface area contributed by atoms with Gasteiger partial charge in [-0.15, -0.1) is 0 Å². The molecule has 0 bridgehead atoms. The van der Waals surface area contributed by atoms with Crippen LogP contribution in [-0.2, 0) is 7.05 Å². The Hall–Kier alpha value is -3.03. The standard InChI is InChI=1S/C17H17FN6O/c1-22-11-21-15-8-12(2-3-13(15)17(22)25)23-4-6-24(7-5-23)16-14(18)9-19-10-20-16/h2-3,8-11H,4-7H2,1H3. The molecule has 8 heteroatoms. The van der Waals surface area contributed by atoms with Crippen LogP contribution in [0.3, 0.4) is 0 Å². The van der Waals surface area contributed by atoms with Crippen molar-refractivity contribution in [2.24, 2.45) is 7.05 Å². The number of anilines is 2. The van der Waals surface area contributed by atoms with E-state index in [0.717, 1.165) is 18.8 Å². The summed E-state index contributed by atoms with van der Waals surface area (Å²) in [7, 11) is 1.69. The minimum absolute atomic E-state index is 0.0550. The molecule has 0 saturated carbocycles. The molecule has 7 nitrogen and oxygen atoms in total. The second kappa shape index (κ2) is 6.12. The van der Waals surface area contributed by atoms with Crippen LogP contribution in [0.4, 0.5) is 15.9 Å². The summed E-state index contributed by atoms with van der Waals surface area (Å²) < 4.78 is 15.3. The molecule has 1 aliphatic heterocycles. The predicted octanol–water partition coefficient (Wildman–Crippen LogP) is 1.19. The lowest BCUT2D eigenvalue weighted by molar-refractivity contribution is 0.583. The van der Waals surface area contributed by atoms with Crippen molar-refractivity contribution in [1.29, 1.82) is 0 Å². The van der Waals surface area contributed by atoms with E-state index in [4.69, 9.17) is 0 Å². The topological polar surface area (TPSA) is 67.2 Å². The quantitative estimate of drug-likeness (QED) is 0.698. The third-order valence-corrected chi connectivity index (χ3v) is 4.49. The third kappa shape index (κ3) is 2.79. The lowest BCUT2D eigenvalue weighted by Crippen LogP contribution is -2.47. The Balaban J connectivity index is 1.55. The van der Waals surface area contributed by atoms with Crippen LogP contribution in [0.25, 0.3) is 10.9 Å². The molecule has 0 aliphatic carbocycles. The van der Waals surface area contributed by atoms with Crippen LogP contribution in [0, 0.1) is 5.82 Å². The highest BCUT2D eigenvalue weighted by Crippen LogP contribution is 2.22. The van der Waals surface area contributed by atoms with E-state index < -0.39 is 5.82 Å². The summed E-state index contributed by atoms with van der Waals surface area (Å²) in [6.45, 7) is 2.80. The molecule has 1 aromatic carbocycles. The molecule has 3 heterocycles. The van der Waals surface area contributed by atoms with Crippen molar-refractivity contribution in [2.75, 3.05) is 36.0 Å². The molecule has 2 aromatic heterocycles.